The molecule has 0 aliphatic heterocycles. The van der Waals surface area contributed by atoms with E-state index in [4.69, 9.17) is 10.5 Å². The molecule has 1 saturated carbocycles. The Hall–Kier alpha value is -0.870. The van der Waals surface area contributed by atoms with Crippen LogP contribution in [0, 0.1) is 5.92 Å². The molecule has 1 heterocycles. The highest BCUT2D eigenvalue weighted by Gasteiger charge is 2.38. The second kappa shape index (κ2) is 5.41. The standard InChI is InChI=1S/C14H25N3O/c1-11(2)12(7-15)13-8-16-10-17(13)9-14(18-3)5-4-6-14/h8,10-12H,4-7,9,15H2,1-3H3. The predicted molar refractivity (Wildman–Crippen MR) is 72.5 cm³/mol. The molecule has 1 aromatic heterocycles. The Labute approximate surface area is 110 Å². The first kappa shape index (κ1) is 13.6. The van der Waals surface area contributed by atoms with Gasteiger partial charge in [-0.1, -0.05) is 13.8 Å². The van der Waals surface area contributed by atoms with Crippen molar-refractivity contribution < 1.29 is 4.74 Å². The molecule has 1 aliphatic rings. The molecule has 1 fully saturated rings. The molecule has 0 spiro atoms. The summed E-state index contributed by atoms with van der Waals surface area (Å²) < 4.78 is 7.93. The van der Waals surface area contributed by atoms with Crippen molar-refractivity contribution in [3.8, 4) is 0 Å². The van der Waals surface area contributed by atoms with Crippen LogP contribution in [0.3, 0.4) is 0 Å². The molecular weight excluding hydrogens is 226 g/mol. The lowest BCUT2D eigenvalue weighted by Gasteiger charge is -2.41. The monoisotopic (exact) mass is 251 g/mol. The molecule has 1 aromatic rings. The van der Waals surface area contributed by atoms with Crippen LogP contribution in [0.1, 0.15) is 44.7 Å². The molecule has 102 valence electrons. The van der Waals surface area contributed by atoms with E-state index in [0.29, 0.717) is 18.4 Å². The molecule has 1 aliphatic carbocycles. The molecule has 1 atom stereocenters. The van der Waals surface area contributed by atoms with Gasteiger partial charge in [-0.3, -0.25) is 0 Å². The van der Waals surface area contributed by atoms with E-state index < -0.39 is 0 Å². The van der Waals surface area contributed by atoms with E-state index in [9.17, 15) is 0 Å². The quantitative estimate of drug-likeness (QED) is 0.843. The van der Waals surface area contributed by atoms with Crippen LogP contribution in [-0.2, 0) is 11.3 Å². The second-order valence-electron chi connectivity index (χ2n) is 5.77. The van der Waals surface area contributed by atoms with Gasteiger partial charge in [-0.2, -0.15) is 0 Å². The zero-order valence-corrected chi connectivity index (χ0v) is 11.7. The number of ether oxygens (including phenoxy) is 1. The predicted octanol–water partition coefficient (Wildman–Crippen LogP) is 2.15. The fourth-order valence-corrected chi connectivity index (χ4v) is 2.81. The van der Waals surface area contributed by atoms with Gasteiger partial charge in [-0.05, 0) is 25.2 Å². The highest BCUT2D eigenvalue weighted by Crippen LogP contribution is 2.37. The summed E-state index contributed by atoms with van der Waals surface area (Å²) in [5.74, 6) is 0.909. The van der Waals surface area contributed by atoms with Gasteiger partial charge in [0.05, 0.1) is 18.5 Å². The van der Waals surface area contributed by atoms with Gasteiger partial charge in [0.2, 0.25) is 0 Å². The van der Waals surface area contributed by atoms with Crippen LogP contribution in [0.25, 0.3) is 0 Å². The lowest BCUT2D eigenvalue weighted by molar-refractivity contribution is -0.0841. The Morgan fingerprint density at radius 1 is 1.50 bits per heavy atom. The molecular formula is C14H25N3O. The molecule has 4 nitrogen and oxygen atoms in total. The van der Waals surface area contributed by atoms with Crippen molar-refractivity contribution in [3.05, 3.63) is 18.2 Å². The van der Waals surface area contributed by atoms with E-state index in [0.717, 1.165) is 19.4 Å². The van der Waals surface area contributed by atoms with Crippen molar-refractivity contribution in [3.63, 3.8) is 0 Å². The zero-order chi connectivity index (χ0) is 13.2. The maximum absolute atomic E-state index is 5.90. The van der Waals surface area contributed by atoms with Crippen molar-refractivity contribution in [1.82, 2.24) is 9.55 Å². The Bertz CT molecular complexity index is 377. The Balaban J connectivity index is 2.17. The Morgan fingerprint density at radius 2 is 2.22 bits per heavy atom. The summed E-state index contributed by atoms with van der Waals surface area (Å²) in [6.45, 7) is 6.00. The molecule has 1 unspecified atom stereocenters. The first-order valence-corrected chi connectivity index (χ1v) is 6.87. The highest BCUT2D eigenvalue weighted by atomic mass is 16.5. The van der Waals surface area contributed by atoms with Crippen molar-refractivity contribution in [2.24, 2.45) is 11.7 Å². The second-order valence-corrected chi connectivity index (χ2v) is 5.77. The van der Waals surface area contributed by atoms with Crippen molar-refractivity contribution in [1.29, 1.82) is 0 Å². The highest BCUT2D eigenvalue weighted by molar-refractivity contribution is 5.09. The summed E-state index contributed by atoms with van der Waals surface area (Å²) in [6.07, 6.45) is 7.44. The summed E-state index contributed by atoms with van der Waals surface area (Å²) in [7, 11) is 1.82. The number of hydrogen-bond donors (Lipinski definition) is 1. The van der Waals surface area contributed by atoms with Crippen molar-refractivity contribution in [2.75, 3.05) is 13.7 Å². The summed E-state index contributed by atoms with van der Waals surface area (Å²) in [4.78, 5) is 4.30. The van der Waals surface area contributed by atoms with Crippen LogP contribution in [0.5, 0.6) is 0 Å². The number of rotatable bonds is 6. The molecule has 0 aromatic carbocycles. The number of imidazole rings is 1. The van der Waals surface area contributed by atoms with Crippen LogP contribution < -0.4 is 5.73 Å². The lowest BCUT2D eigenvalue weighted by Crippen LogP contribution is -2.43. The lowest BCUT2D eigenvalue weighted by atomic mass is 9.79. The average molecular weight is 251 g/mol. The molecule has 2 N–H and O–H groups in total. The third-order valence-corrected chi connectivity index (χ3v) is 4.34. The van der Waals surface area contributed by atoms with E-state index in [2.05, 4.69) is 23.4 Å². The minimum absolute atomic E-state index is 0.0333. The third kappa shape index (κ3) is 2.45. The SMILES string of the molecule is COC1(Cn2cncc2C(CN)C(C)C)CCC1. The Morgan fingerprint density at radius 3 is 2.67 bits per heavy atom. The minimum Gasteiger partial charge on any atom is -0.376 e. The summed E-state index contributed by atoms with van der Waals surface area (Å²) >= 11 is 0. The molecule has 0 bridgehead atoms. The maximum Gasteiger partial charge on any atom is 0.0949 e. The molecule has 0 saturated heterocycles. The van der Waals surface area contributed by atoms with E-state index in [-0.39, 0.29) is 5.60 Å². The van der Waals surface area contributed by atoms with Crippen LogP contribution in [0.15, 0.2) is 12.5 Å². The van der Waals surface area contributed by atoms with Gasteiger partial charge >= 0.3 is 0 Å². The van der Waals surface area contributed by atoms with Gasteiger partial charge < -0.3 is 15.0 Å². The normalized spacial score (nSPS) is 19.8. The maximum atomic E-state index is 5.90. The number of methoxy groups -OCH3 is 1. The summed E-state index contributed by atoms with van der Waals surface area (Å²) in [6, 6.07) is 0. The van der Waals surface area contributed by atoms with Crippen LogP contribution >= 0.6 is 0 Å². The largest absolute Gasteiger partial charge is 0.376 e. The third-order valence-electron chi connectivity index (χ3n) is 4.34. The first-order chi connectivity index (χ1) is 8.62. The minimum atomic E-state index is 0.0333. The van der Waals surface area contributed by atoms with Gasteiger partial charge in [0.15, 0.2) is 0 Å². The van der Waals surface area contributed by atoms with Crippen LogP contribution in [0.4, 0.5) is 0 Å². The molecule has 18 heavy (non-hydrogen) atoms. The Kier molecular flexibility index (Phi) is 4.07. The molecule has 0 amide bonds. The zero-order valence-electron chi connectivity index (χ0n) is 11.7. The van der Waals surface area contributed by atoms with E-state index in [1.165, 1.54) is 12.1 Å². The van der Waals surface area contributed by atoms with Gasteiger partial charge in [0, 0.05) is 31.5 Å². The van der Waals surface area contributed by atoms with Gasteiger partial charge in [-0.15, -0.1) is 0 Å². The van der Waals surface area contributed by atoms with Gasteiger partial charge in [-0.25, -0.2) is 4.98 Å². The fourth-order valence-electron chi connectivity index (χ4n) is 2.81. The van der Waals surface area contributed by atoms with E-state index in [1.54, 1.807) is 0 Å². The summed E-state index contributed by atoms with van der Waals surface area (Å²) in [5.41, 5.74) is 7.18. The van der Waals surface area contributed by atoms with Crippen LogP contribution in [-0.4, -0.2) is 28.8 Å². The number of hydrogen-bond acceptors (Lipinski definition) is 3. The van der Waals surface area contributed by atoms with Crippen LogP contribution in [0.2, 0.25) is 0 Å². The molecule has 4 heteroatoms. The first-order valence-electron chi connectivity index (χ1n) is 6.87. The van der Waals surface area contributed by atoms with Gasteiger partial charge in [0.1, 0.15) is 0 Å². The van der Waals surface area contributed by atoms with E-state index in [1.807, 2.05) is 19.6 Å². The molecule has 2 rings (SSSR count). The van der Waals surface area contributed by atoms with Crippen molar-refractivity contribution >= 4 is 0 Å². The fraction of sp³-hybridized carbons (Fsp3) is 0.786. The van der Waals surface area contributed by atoms with Gasteiger partial charge in [0.25, 0.3) is 0 Å². The number of aromatic nitrogens is 2. The number of nitrogens with zero attached hydrogens (tertiary/aromatic N) is 2. The smallest absolute Gasteiger partial charge is 0.0949 e. The topological polar surface area (TPSA) is 53.1 Å². The summed E-state index contributed by atoms with van der Waals surface area (Å²) in [5, 5.41) is 0. The number of nitrogens with two attached hydrogens (primary N) is 1. The van der Waals surface area contributed by atoms with E-state index >= 15 is 0 Å². The average Bonchev–Trinajstić information content (AvgIpc) is 2.72. The van der Waals surface area contributed by atoms with Crippen molar-refractivity contribution in [2.45, 2.75) is 51.2 Å². The molecule has 0 radical (unpaired) electrons.